The van der Waals surface area contributed by atoms with E-state index in [-0.39, 0.29) is 58.6 Å². The molecule has 15 heteroatoms. The minimum Gasteiger partial charge on any atom is -0.364 e. The lowest BCUT2D eigenvalue weighted by Crippen LogP contribution is -2.52. The molecule has 3 aromatic heterocycles. The number of benzene rings is 1. The Labute approximate surface area is 276 Å². The highest BCUT2D eigenvalue weighted by atomic mass is 16.2. The third-order valence-corrected chi connectivity index (χ3v) is 9.12. The average Bonchev–Trinajstić information content (AvgIpc) is 3.85. The van der Waals surface area contributed by atoms with E-state index in [1.807, 2.05) is 36.1 Å². The molecule has 0 radical (unpaired) electrons. The van der Waals surface area contributed by atoms with Crippen molar-refractivity contribution in [3.8, 4) is 11.1 Å². The molecule has 1 aromatic carbocycles. The standard InChI is InChI=1S/C33H35N11O4/c1-17-28-21(14-36-44(28)19-15-43(16-19)33(48)24-10-6-9-23(38-24)31(46)34-2)20-7-5-8-22(29(20)42(17)4)37-25-13-26(39-30(45)18-11-12-18)40-41-27(25)32(47)35-3/h5-10,13-14,17-19H,11-12,15-16H2,1-4H3,(H,34,46)(H,35,47)(H2,37,39,40,45). The first kappa shape index (κ1) is 30.8. The zero-order valence-corrected chi connectivity index (χ0v) is 26.9. The lowest BCUT2D eigenvalue weighted by Gasteiger charge is -2.42. The van der Waals surface area contributed by atoms with Crippen LogP contribution in [0.15, 0.2) is 48.7 Å². The molecule has 4 aromatic rings. The Balaban J connectivity index is 1.15. The number of pyridine rings is 1. The molecular formula is C33H35N11O4. The van der Waals surface area contributed by atoms with Gasteiger partial charge in [-0.1, -0.05) is 18.2 Å². The Hall–Kier alpha value is -5.86. The molecule has 0 bridgehead atoms. The molecule has 1 aliphatic carbocycles. The maximum atomic E-state index is 13.2. The molecule has 3 aliphatic rings. The lowest BCUT2D eigenvalue weighted by molar-refractivity contribution is -0.117. The molecule has 2 fully saturated rings. The number of carbonyl (C=O) groups excluding carboxylic acids is 4. The van der Waals surface area contributed by atoms with Crippen molar-refractivity contribution in [2.24, 2.45) is 5.92 Å². The van der Waals surface area contributed by atoms with Crippen LogP contribution in [0.4, 0.5) is 22.9 Å². The predicted octanol–water partition coefficient (Wildman–Crippen LogP) is 2.75. The van der Waals surface area contributed by atoms with E-state index in [0.717, 1.165) is 41.0 Å². The molecule has 1 atom stereocenters. The number of hydrogen-bond acceptors (Lipinski definition) is 10. The number of nitrogens with zero attached hydrogens (tertiary/aromatic N) is 7. The summed E-state index contributed by atoms with van der Waals surface area (Å²) in [5.74, 6) is -0.855. The van der Waals surface area contributed by atoms with Crippen LogP contribution in [0.1, 0.15) is 69.0 Å². The summed E-state index contributed by atoms with van der Waals surface area (Å²) >= 11 is 0. The Bertz CT molecular complexity index is 1960. The maximum Gasteiger partial charge on any atom is 0.273 e. The fourth-order valence-corrected chi connectivity index (χ4v) is 6.20. The van der Waals surface area contributed by atoms with Crippen molar-refractivity contribution < 1.29 is 19.2 Å². The molecule has 48 heavy (non-hydrogen) atoms. The molecule has 4 N–H and O–H groups in total. The Kier molecular flexibility index (Phi) is 7.73. The van der Waals surface area contributed by atoms with Crippen LogP contribution in [0.25, 0.3) is 11.1 Å². The minimum atomic E-state index is -0.414. The van der Waals surface area contributed by atoms with Crippen LogP contribution in [0, 0.1) is 5.92 Å². The van der Waals surface area contributed by atoms with Crippen LogP contribution in [-0.2, 0) is 4.79 Å². The molecule has 1 unspecified atom stereocenters. The number of amides is 4. The van der Waals surface area contributed by atoms with Crippen LogP contribution < -0.4 is 26.2 Å². The van der Waals surface area contributed by atoms with E-state index >= 15 is 0 Å². The van der Waals surface area contributed by atoms with E-state index in [9.17, 15) is 19.2 Å². The lowest BCUT2D eigenvalue weighted by atomic mass is 9.93. The van der Waals surface area contributed by atoms with Gasteiger partial charge in [-0.3, -0.25) is 23.9 Å². The van der Waals surface area contributed by atoms with Crippen LogP contribution in [0.2, 0.25) is 0 Å². The van der Waals surface area contributed by atoms with E-state index in [1.165, 1.54) is 14.1 Å². The Morgan fingerprint density at radius 1 is 0.875 bits per heavy atom. The number of aromatic nitrogens is 5. The molecule has 2 aliphatic heterocycles. The van der Waals surface area contributed by atoms with Gasteiger partial charge in [0.25, 0.3) is 17.7 Å². The summed E-state index contributed by atoms with van der Waals surface area (Å²) in [4.78, 5) is 58.5. The Morgan fingerprint density at radius 2 is 1.60 bits per heavy atom. The van der Waals surface area contributed by atoms with Crippen LogP contribution >= 0.6 is 0 Å². The van der Waals surface area contributed by atoms with Crippen molar-refractivity contribution in [1.82, 2.24) is 40.5 Å². The molecule has 1 saturated carbocycles. The fourth-order valence-electron chi connectivity index (χ4n) is 6.20. The van der Waals surface area contributed by atoms with Crippen molar-refractivity contribution in [3.05, 3.63) is 71.4 Å². The van der Waals surface area contributed by atoms with E-state index in [4.69, 9.17) is 5.10 Å². The number of likely N-dealkylation sites (tertiary alicyclic amines) is 1. The summed E-state index contributed by atoms with van der Waals surface area (Å²) in [7, 11) is 5.05. The van der Waals surface area contributed by atoms with Gasteiger partial charge in [-0.15, -0.1) is 10.2 Å². The normalized spacial score (nSPS) is 16.7. The van der Waals surface area contributed by atoms with Crippen molar-refractivity contribution in [2.45, 2.75) is 31.8 Å². The van der Waals surface area contributed by atoms with Crippen LogP contribution in [-0.4, -0.2) is 87.7 Å². The zero-order valence-electron chi connectivity index (χ0n) is 26.9. The highest BCUT2D eigenvalue weighted by Crippen LogP contribution is 2.49. The summed E-state index contributed by atoms with van der Waals surface area (Å²) < 4.78 is 2.00. The fraction of sp³-hybridized carbons (Fsp3) is 0.333. The average molecular weight is 650 g/mol. The summed E-state index contributed by atoms with van der Waals surface area (Å²) in [5, 5.41) is 24.3. The van der Waals surface area contributed by atoms with Gasteiger partial charge in [-0.2, -0.15) is 5.10 Å². The molecule has 1 saturated heterocycles. The van der Waals surface area contributed by atoms with Gasteiger partial charge >= 0.3 is 0 Å². The minimum absolute atomic E-state index is 0.0129. The van der Waals surface area contributed by atoms with Crippen LogP contribution in [0.3, 0.4) is 0 Å². The molecule has 5 heterocycles. The molecule has 246 valence electrons. The number of carbonyl (C=O) groups is 4. The molecule has 0 spiro atoms. The number of fused-ring (bicyclic) bond motifs is 3. The second kappa shape index (κ2) is 12.1. The monoisotopic (exact) mass is 649 g/mol. The number of nitrogens with one attached hydrogen (secondary N) is 4. The van der Waals surface area contributed by atoms with E-state index in [0.29, 0.717) is 18.8 Å². The highest BCUT2D eigenvalue weighted by Gasteiger charge is 2.39. The van der Waals surface area contributed by atoms with Crippen molar-refractivity contribution in [1.29, 1.82) is 0 Å². The molecule has 7 rings (SSSR count). The first-order valence-electron chi connectivity index (χ1n) is 15.8. The largest absolute Gasteiger partial charge is 0.364 e. The second-order valence-electron chi connectivity index (χ2n) is 12.2. The predicted molar refractivity (Wildman–Crippen MR) is 177 cm³/mol. The van der Waals surface area contributed by atoms with E-state index < -0.39 is 5.91 Å². The van der Waals surface area contributed by atoms with Crippen molar-refractivity contribution in [3.63, 3.8) is 0 Å². The quantitative estimate of drug-likeness (QED) is 0.222. The van der Waals surface area contributed by atoms with Gasteiger partial charge < -0.3 is 31.1 Å². The molecule has 15 nitrogen and oxygen atoms in total. The summed E-state index contributed by atoms with van der Waals surface area (Å²) in [6.45, 7) is 3.02. The van der Waals surface area contributed by atoms with Gasteiger partial charge in [0.05, 0.1) is 41.0 Å². The third kappa shape index (κ3) is 5.36. The number of para-hydroxylation sites is 1. The van der Waals surface area contributed by atoms with Crippen molar-refractivity contribution in [2.75, 3.05) is 49.8 Å². The third-order valence-electron chi connectivity index (χ3n) is 9.12. The van der Waals surface area contributed by atoms with Gasteiger partial charge in [-0.05, 0) is 38.0 Å². The SMILES string of the molecule is CNC(=O)c1cccc(C(=O)N2CC(n3ncc4c3C(C)N(C)c3c(Nc5cc(NC(=O)C6CC6)nnc5C(=O)NC)cccc3-4)C2)n1. The second-order valence-corrected chi connectivity index (χ2v) is 12.2. The van der Waals surface area contributed by atoms with E-state index in [1.54, 1.807) is 29.2 Å². The number of rotatable bonds is 8. The summed E-state index contributed by atoms with van der Waals surface area (Å²) in [5.41, 5.74) is 5.52. The van der Waals surface area contributed by atoms with E-state index in [2.05, 4.69) is 48.3 Å². The molecule has 4 amide bonds. The van der Waals surface area contributed by atoms with Gasteiger partial charge in [0, 0.05) is 57.3 Å². The summed E-state index contributed by atoms with van der Waals surface area (Å²) in [6.07, 6.45) is 3.56. The van der Waals surface area contributed by atoms with Crippen molar-refractivity contribution >= 4 is 46.5 Å². The van der Waals surface area contributed by atoms with Gasteiger partial charge in [0.15, 0.2) is 11.5 Å². The zero-order chi connectivity index (χ0) is 33.7. The topological polar surface area (TPSA) is 179 Å². The smallest absolute Gasteiger partial charge is 0.273 e. The number of anilines is 4. The summed E-state index contributed by atoms with van der Waals surface area (Å²) in [6, 6.07) is 12.2. The Morgan fingerprint density at radius 3 is 2.33 bits per heavy atom. The van der Waals surface area contributed by atoms with Gasteiger partial charge in [-0.25, -0.2) is 4.98 Å². The van der Waals surface area contributed by atoms with Gasteiger partial charge in [0.1, 0.15) is 11.4 Å². The maximum absolute atomic E-state index is 13.2. The first-order chi connectivity index (χ1) is 23.2. The van der Waals surface area contributed by atoms with Crippen LogP contribution in [0.5, 0.6) is 0 Å². The van der Waals surface area contributed by atoms with Gasteiger partial charge in [0.2, 0.25) is 5.91 Å². The molecular weight excluding hydrogens is 614 g/mol. The number of hydrogen-bond donors (Lipinski definition) is 4. The first-order valence-corrected chi connectivity index (χ1v) is 15.8. The highest BCUT2D eigenvalue weighted by molar-refractivity contribution is 6.01.